The summed E-state index contributed by atoms with van der Waals surface area (Å²) in [7, 11) is 0. The van der Waals surface area contributed by atoms with E-state index in [1.165, 1.54) is 21.8 Å². The molecule has 3 rings (SSSR count). The summed E-state index contributed by atoms with van der Waals surface area (Å²) in [6, 6.07) is 17.0. The van der Waals surface area contributed by atoms with Gasteiger partial charge in [-0.05, 0) is 31.2 Å². The summed E-state index contributed by atoms with van der Waals surface area (Å²) in [6.07, 6.45) is 10.2. The molecule has 0 bridgehead atoms. The second kappa shape index (κ2) is 6.15. The minimum Gasteiger partial charge on any atom is -0.316 e. The van der Waals surface area contributed by atoms with Crippen LogP contribution < -0.4 is 0 Å². The highest BCUT2D eigenvalue weighted by atomic mass is 79.9. The van der Waals surface area contributed by atoms with Crippen molar-refractivity contribution in [3.8, 4) is 0 Å². The SMILES string of the molecule is C\C=C/C(Br)=C\C=C\n1c2ccccc2c2ccccc21. The first-order valence-corrected chi connectivity index (χ1v) is 7.75. The maximum absolute atomic E-state index is 3.52. The van der Waals surface area contributed by atoms with Crippen molar-refractivity contribution in [2.75, 3.05) is 0 Å². The first kappa shape index (κ1) is 13.9. The van der Waals surface area contributed by atoms with E-state index in [2.05, 4.69) is 81.3 Å². The average Bonchev–Trinajstić information content (AvgIpc) is 2.83. The molecule has 0 aliphatic rings. The van der Waals surface area contributed by atoms with E-state index in [1.54, 1.807) is 0 Å². The lowest BCUT2D eigenvalue weighted by atomic mass is 10.2. The van der Waals surface area contributed by atoms with E-state index in [1.807, 2.05) is 25.2 Å². The van der Waals surface area contributed by atoms with Crippen LogP contribution in [0.25, 0.3) is 28.0 Å². The molecule has 0 aliphatic carbocycles. The molecule has 0 amide bonds. The molecule has 0 N–H and O–H groups in total. The fourth-order valence-corrected chi connectivity index (χ4v) is 2.97. The Kier molecular flexibility index (Phi) is 4.07. The smallest absolute Gasteiger partial charge is 0.0534 e. The van der Waals surface area contributed by atoms with Crippen molar-refractivity contribution < 1.29 is 0 Å². The van der Waals surface area contributed by atoms with Gasteiger partial charge < -0.3 is 4.57 Å². The van der Waals surface area contributed by atoms with Crippen molar-refractivity contribution in [2.45, 2.75) is 6.92 Å². The summed E-state index contributed by atoms with van der Waals surface area (Å²) in [5.74, 6) is 0. The van der Waals surface area contributed by atoms with Gasteiger partial charge in [-0.2, -0.15) is 0 Å². The normalized spacial score (nSPS) is 13.1. The van der Waals surface area contributed by atoms with Gasteiger partial charge in [0.25, 0.3) is 0 Å². The molecule has 0 aliphatic heterocycles. The second-order valence-electron chi connectivity index (χ2n) is 4.80. The molecule has 0 atom stereocenters. The van der Waals surface area contributed by atoms with Gasteiger partial charge in [-0.3, -0.25) is 0 Å². The molecule has 0 fully saturated rings. The predicted molar refractivity (Wildman–Crippen MR) is 96.6 cm³/mol. The third-order valence-corrected chi connectivity index (χ3v) is 3.96. The molecule has 1 heterocycles. The van der Waals surface area contributed by atoms with E-state index in [9.17, 15) is 0 Å². The van der Waals surface area contributed by atoms with E-state index in [0.717, 1.165) is 4.48 Å². The number of benzene rings is 2. The Bertz CT molecular complexity index is 812. The highest BCUT2D eigenvalue weighted by molar-refractivity contribution is 9.11. The van der Waals surface area contributed by atoms with Crippen LogP contribution in [-0.4, -0.2) is 4.57 Å². The van der Waals surface area contributed by atoms with Crippen molar-refractivity contribution in [2.24, 2.45) is 0 Å². The van der Waals surface area contributed by atoms with Gasteiger partial charge in [0.1, 0.15) is 0 Å². The zero-order chi connectivity index (χ0) is 14.7. The van der Waals surface area contributed by atoms with Crippen molar-refractivity contribution >= 4 is 43.9 Å². The Labute approximate surface area is 133 Å². The maximum atomic E-state index is 3.52. The number of hydrogen-bond donors (Lipinski definition) is 0. The summed E-state index contributed by atoms with van der Waals surface area (Å²) in [6.45, 7) is 2.01. The molecule has 2 heteroatoms. The van der Waals surface area contributed by atoms with E-state index in [0.29, 0.717) is 0 Å². The van der Waals surface area contributed by atoms with Crippen LogP contribution in [0, 0.1) is 0 Å². The van der Waals surface area contributed by atoms with E-state index in [4.69, 9.17) is 0 Å². The number of hydrogen-bond acceptors (Lipinski definition) is 0. The predicted octanol–water partition coefficient (Wildman–Crippen LogP) is 6.12. The Morgan fingerprint density at radius 3 is 2.10 bits per heavy atom. The zero-order valence-corrected chi connectivity index (χ0v) is 13.4. The highest BCUT2D eigenvalue weighted by Gasteiger charge is 2.06. The Balaban J connectivity index is 2.16. The summed E-state index contributed by atoms with van der Waals surface area (Å²) in [5, 5.41) is 2.57. The lowest BCUT2D eigenvalue weighted by Crippen LogP contribution is -1.84. The van der Waals surface area contributed by atoms with E-state index in [-0.39, 0.29) is 0 Å². The van der Waals surface area contributed by atoms with Crippen LogP contribution in [0.15, 0.2) is 77.3 Å². The first-order valence-electron chi connectivity index (χ1n) is 6.95. The fraction of sp³-hybridized carbons (Fsp3) is 0.0526. The van der Waals surface area contributed by atoms with Crippen LogP contribution in [0.1, 0.15) is 6.92 Å². The molecule has 1 aromatic heterocycles. The number of aromatic nitrogens is 1. The number of halogens is 1. The molecular formula is C19H16BrN. The number of nitrogens with zero attached hydrogens (tertiary/aromatic N) is 1. The van der Waals surface area contributed by atoms with Crippen molar-refractivity contribution in [3.63, 3.8) is 0 Å². The number of para-hydroxylation sites is 2. The van der Waals surface area contributed by atoms with Gasteiger partial charge in [-0.25, -0.2) is 0 Å². The minimum atomic E-state index is 1.06. The molecule has 0 saturated carbocycles. The van der Waals surface area contributed by atoms with E-state index < -0.39 is 0 Å². The van der Waals surface area contributed by atoms with Crippen LogP contribution >= 0.6 is 15.9 Å². The van der Waals surface area contributed by atoms with Crippen molar-refractivity contribution in [1.29, 1.82) is 0 Å². The molecule has 1 nitrogen and oxygen atoms in total. The van der Waals surface area contributed by atoms with Gasteiger partial charge >= 0.3 is 0 Å². The molecular weight excluding hydrogens is 322 g/mol. The highest BCUT2D eigenvalue weighted by Crippen LogP contribution is 2.28. The quantitative estimate of drug-likeness (QED) is 0.507. The van der Waals surface area contributed by atoms with Crippen LogP contribution in [0.3, 0.4) is 0 Å². The van der Waals surface area contributed by atoms with Crippen molar-refractivity contribution in [1.82, 2.24) is 4.57 Å². The van der Waals surface area contributed by atoms with Gasteiger partial charge in [-0.1, -0.05) is 64.5 Å². The lowest BCUT2D eigenvalue weighted by molar-refractivity contribution is 1.29. The average molecular weight is 338 g/mol. The Hall–Kier alpha value is -2.06. The Morgan fingerprint density at radius 2 is 1.52 bits per heavy atom. The number of fused-ring (bicyclic) bond motifs is 3. The molecule has 104 valence electrons. The van der Waals surface area contributed by atoms with Gasteiger partial charge in [-0.15, -0.1) is 0 Å². The van der Waals surface area contributed by atoms with Gasteiger partial charge in [0.05, 0.1) is 11.0 Å². The number of rotatable bonds is 3. The molecule has 0 saturated heterocycles. The fourth-order valence-electron chi connectivity index (χ4n) is 2.55. The van der Waals surface area contributed by atoms with Crippen LogP contribution in [0.4, 0.5) is 0 Å². The minimum absolute atomic E-state index is 1.06. The molecule has 0 radical (unpaired) electrons. The largest absolute Gasteiger partial charge is 0.316 e. The topological polar surface area (TPSA) is 4.93 Å². The third-order valence-electron chi connectivity index (χ3n) is 3.43. The number of allylic oxidation sites excluding steroid dienone is 5. The third kappa shape index (κ3) is 2.72. The van der Waals surface area contributed by atoms with Gasteiger partial charge in [0.15, 0.2) is 0 Å². The molecule has 0 spiro atoms. The lowest BCUT2D eigenvalue weighted by Gasteiger charge is -1.99. The zero-order valence-electron chi connectivity index (χ0n) is 11.8. The maximum Gasteiger partial charge on any atom is 0.0534 e. The standard InChI is InChI=1S/C19H16BrN/c1-2-8-15(20)9-7-14-21-18-12-5-3-10-16(18)17-11-4-6-13-19(17)21/h2-14H,1H3/b8-2-,14-7+,15-9+. The Morgan fingerprint density at radius 1 is 0.952 bits per heavy atom. The molecule has 2 aromatic carbocycles. The summed E-state index contributed by atoms with van der Waals surface area (Å²) < 4.78 is 3.29. The first-order chi connectivity index (χ1) is 10.3. The van der Waals surface area contributed by atoms with Gasteiger partial charge in [0, 0.05) is 21.5 Å². The van der Waals surface area contributed by atoms with Crippen LogP contribution in [0.5, 0.6) is 0 Å². The summed E-state index contributed by atoms with van der Waals surface area (Å²) in [4.78, 5) is 0. The monoisotopic (exact) mass is 337 g/mol. The second-order valence-corrected chi connectivity index (χ2v) is 5.71. The van der Waals surface area contributed by atoms with Crippen molar-refractivity contribution in [3.05, 3.63) is 77.3 Å². The summed E-state index contributed by atoms with van der Waals surface area (Å²) in [5.41, 5.74) is 2.45. The van der Waals surface area contributed by atoms with Gasteiger partial charge in [0.2, 0.25) is 0 Å². The van der Waals surface area contributed by atoms with Crippen LogP contribution in [-0.2, 0) is 0 Å². The molecule has 21 heavy (non-hydrogen) atoms. The van der Waals surface area contributed by atoms with Crippen LogP contribution in [0.2, 0.25) is 0 Å². The molecule has 3 aromatic rings. The summed E-state index contributed by atoms with van der Waals surface area (Å²) >= 11 is 3.52. The van der Waals surface area contributed by atoms with E-state index >= 15 is 0 Å². The molecule has 0 unspecified atom stereocenters.